The van der Waals surface area contributed by atoms with Crippen molar-refractivity contribution in [3.63, 3.8) is 0 Å². The summed E-state index contributed by atoms with van der Waals surface area (Å²) >= 11 is 0. The molecule has 20 heavy (non-hydrogen) atoms. The quantitative estimate of drug-likeness (QED) is 0.928. The van der Waals surface area contributed by atoms with Gasteiger partial charge in [-0.1, -0.05) is 13.8 Å². The second-order valence-electron chi connectivity index (χ2n) is 5.51. The van der Waals surface area contributed by atoms with Crippen molar-refractivity contribution in [1.82, 2.24) is 9.97 Å². The highest BCUT2D eigenvalue weighted by Crippen LogP contribution is 2.28. The number of ether oxygens (including phenoxy) is 1. The summed E-state index contributed by atoms with van der Waals surface area (Å²) in [6, 6.07) is 9.30. The van der Waals surface area contributed by atoms with Crippen molar-refractivity contribution < 1.29 is 4.74 Å². The second-order valence-corrected chi connectivity index (χ2v) is 5.51. The Morgan fingerprint density at radius 1 is 1.25 bits per heavy atom. The van der Waals surface area contributed by atoms with Crippen LogP contribution in [-0.4, -0.2) is 16.1 Å². The van der Waals surface area contributed by atoms with Gasteiger partial charge in [-0.15, -0.1) is 0 Å². The molecule has 1 aliphatic rings. The molecule has 1 aromatic carbocycles. The Kier molecular flexibility index (Phi) is 3.30. The van der Waals surface area contributed by atoms with Crippen LogP contribution in [0.3, 0.4) is 0 Å². The van der Waals surface area contributed by atoms with Crippen molar-refractivity contribution in [2.75, 3.05) is 0 Å². The van der Waals surface area contributed by atoms with Gasteiger partial charge in [0.15, 0.2) is 0 Å². The molecule has 0 radical (unpaired) electrons. The fourth-order valence-electron chi connectivity index (χ4n) is 1.98. The van der Waals surface area contributed by atoms with E-state index in [0.717, 1.165) is 24.2 Å². The topological polar surface area (TPSA) is 55.0 Å². The third kappa shape index (κ3) is 2.90. The van der Waals surface area contributed by atoms with E-state index < -0.39 is 0 Å². The number of hydrogen-bond acceptors (Lipinski definition) is 3. The van der Waals surface area contributed by atoms with E-state index in [1.165, 1.54) is 6.07 Å². The Balaban J connectivity index is 1.89. The molecular formula is C16H18N2O2. The first kappa shape index (κ1) is 12.9. The van der Waals surface area contributed by atoms with Crippen molar-refractivity contribution in [2.24, 2.45) is 0 Å². The van der Waals surface area contributed by atoms with E-state index >= 15 is 0 Å². The molecule has 1 aliphatic carbocycles. The number of nitrogens with one attached hydrogen (secondary N) is 1. The number of H-pyrrole nitrogens is 1. The van der Waals surface area contributed by atoms with E-state index in [9.17, 15) is 4.79 Å². The normalized spacial score (nSPS) is 14.6. The van der Waals surface area contributed by atoms with Crippen LogP contribution in [0.5, 0.6) is 5.75 Å². The zero-order valence-electron chi connectivity index (χ0n) is 11.7. The molecule has 0 amide bonds. The number of aromatic amines is 1. The highest BCUT2D eigenvalue weighted by molar-refractivity contribution is 5.59. The highest BCUT2D eigenvalue weighted by Gasteiger charge is 2.23. The van der Waals surface area contributed by atoms with Gasteiger partial charge in [-0.05, 0) is 37.1 Å². The first-order valence-electron chi connectivity index (χ1n) is 7.00. The Bertz CT molecular complexity index is 655. The zero-order chi connectivity index (χ0) is 14.1. The third-order valence-electron chi connectivity index (χ3n) is 3.28. The lowest BCUT2D eigenvalue weighted by atomic mass is 10.1. The monoisotopic (exact) mass is 270 g/mol. The highest BCUT2D eigenvalue weighted by atomic mass is 16.5. The molecule has 1 fully saturated rings. The van der Waals surface area contributed by atoms with Crippen molar-refractivity contribution in [2.45, 2.75) is 38.7 Å². The fraction of sp³-hybridized carbons (Fsp3) is 0.375. The Labute approximate surface area is 117 Å². The molecule has 0 unspecified atom stereocenters. The first-order valence-corrected chi connectivity index (χ1v) is 7.00. The van der Waals surface area contributed by atoms with Gasteiger partial charge in [-0.2, -0.15) is 0 Å². The van der Waals surface area contributed by atoms with E-state index in [2.05, 4.69) is 9.97 Å². The van der Waals surface area contributed by atoms with Gasteiger partial charge in [0.1, 0.15) is 11.6 Å². The van der Waals surface area contributed by atoms with Crippen molar-refractivity contribution in [3.05, 3.63) is 46.5 Å². The minimum absolute atomic E-state index is 0.114. The summed E-state index contributed by atoms with van der Waals surface area (Å²) < 4.78 is 5.71. The molecule has 0 atom stereocenters. The predicted octanol–water partition coefficient (Wildman–Crippen LogP) is 3.10. The number of aromatic nitrogens is 2. The smallest absolute Gasteiger partial charge is 0.251 e. The van der Waals surface area contributed by atoms with Gasteiger partial charge < -0.3 is 9.72 Å². The van der Waals surface area contributed by atoms with Crippen molar-refractivity contribution in [3.8, 4) is 17.0 Å². The minimum atomic E-state index is -0.114. The summed E-state index contributed by atoms with van der Waals surface area (Å²) in [4.78, 5) is 19.0. The van der Waals surface area contributed by atoms with E-state index in [1.807, 2.05) is 38.1 Å². The van der Waals surface area contributed by atoms with Crippen molar-refractivity contribution in [1.29, 1.82) is 0 Å². The lowest BCUT2D eigenvalue weighted by molar-refractivity contribution is 0.303. The van der Waals surface area contributed by atoms with Crippen molar-refractivity contribution >= 4 is 0 Å². The van der Waals surface area contributed by atoms with Gasteiger partial charge >= 0.3 is 0 Å². The standard InChI is InChI=1S/C16H18N2O2/c1-10(2)16-17-14(9-15(19)18-16)11-3-5-12(6-4-11)20-13-7-8-13/h3-6,9-10,13H,7-8H2,1-2H3,(H,17,18,19). The van der Waals surface area contributed by atoms with Crippen LogP contribution >= 0.6 is 0 Å². The molecule has 1 aromatic heterocycles. The summed E-state index contributed by atoms with van der Waals surface area (Å²) in [6.45, 7) is 4.02. The SMILES string of the molecule is CC(C)c1nc(-c2ccc(OC3CC3)cc2)cc(=O)[nH]1. The number of hydrogen-bond donors (Lipinski definition) is 1. The van der Waals surface area contributed by atoms with Crippen LogP contribution in [0.25, 0.3) is 11.3 Å². The summed E-state index contributed by atoms with van der Waals surface area (Å²) in [7, 11) is 0. The molecule has 0 aliphatic heterocycles. The molecule has 1 heterocycles. The summed E-state index contributed by atoms with van der Waals surface area (Å²) in [5, 5.41) is 0. The van der Waals surface area contributed by atoms with Crippen LogP contribution in [0.15, 0.2) is 35.1 Å². The molecule has 4 nitrogen and oxygen atoms in total. The zero-order valence-corrected chi connectivity index (χ0v) is 11.7. The molecule has 104 valence electrons. The number of nitrogens with zero attached hydrogens (tertiary/aromatic N) is 1. The van der Waals surface area contributed by atoms with Crippen LogP contribution in [0.2, 0.25) is 0 Å². The molecule has 0 spiro atoms. The van der Waals surface area contributed by atoms with Gasteiger partial charge in [-0.3, -0.25) is 4.79 Å². The Morgan fingerprint density at radius 3 is 2.55 bits per heavy atom. The van der Waals surface area contributed by atoms with E-state index in [0.29, 0.717) is 17.6 Å². The summed E-state index contributed by atoms with van der Waals surface area (Å²) in [5.41, 5.74) is 1.52. The number of rotatable bonds is 4. The van der Waals surface area contributed by atoms with Gasteiger partial charge in [0.25, 0.3) is 5.56 Å². The molecule has 1 N–H and O–H groups in total. The first-order chi connectivity index (χ1) is 9.61. The van der Waals surface area contributed by atoms with Gasteiger partial charge in [0.05, 0.1) is 11.8 Å². The van der Waals surface area contributed by atoms with Crippen LogP contribution in [0.4, 0.5) is 0 Å². The molecule has 0 saturated heterocycles. The van der Waals surface area contributed by atoms with Gasteiger partial charge in [-0.25, -0.2) is 4.98 Å². The predicted molar refractivity (Wildman–Crippen MR) is 78.0 cm³/mol. The third-order valence-corrected chi connectivity index (χ3v) is 3.28. The van der Waals surface area contributed by atoms with Gasteiger partial charge in [0, 0.05) is 17.5 Å². The van der Waals surface area contributed by atoms with Crippen LogP contribution < -0.4 is 10.3 Å². The molecule has 3 rings (SSSR count). The minimum Gasteiger partial charge on any atom is -0.490 e. The molecule has 2 aromatic rings. The number of benzene rings is 1. The summed E-state index contributed by atoms with van der Waals surface area (Å²) in [5.74, 6) is 1.79. The maximum atomic E-state index is 11.7. The average Bonchev–Trinajstić information content (AvgIpc) is 3.23. The van der Waals surface area contributed by atoms with Crippen LogP contribution in [-0.2, 0) is 0 Å². The second kappa shape index (κ2) is 5.12. The van der Waals surface area contributed by atoms with E-state index in [4.69, 9.17) is 4.74 Å². The largest absolute Gasteiger partial charge is 0.490 e. The molecular weight excluding hydrogens is 252 g/mol. The maximum absolute atomic E-state index is 11.7. The lowest BCUT2D eigenvalue weighted by Crippen LogP contribution is -2.12. The lowest BCUT2D eigenvalue weighted by Gasteiger charge is -2.08. The Hall–Kier alpha value is -2.10. The summed E-state index contributed by atoms with van der Waals surface area (Å²) in [6.07, 6.45) is 2.69. The molecule has 0 bridgehead atoms. The van der Waals surface area contributed by atoms with Crippen LogP contribution in [0.1, 0.15) is 38.4 Å². The Morgan fingerprint density at radius 2 is 1.95 bits per heavy atom. The van der Waals surface area contributed by atoms with Crippen LogP contribution in [0, 0.1) is 0 Å². The average molecular weight is 270 g/mol. The molecule has 4 heteroatoms. The van der Waals surface area contributed by atoms with E-state index in [1.54, 1.807) is 0 Å². The van der Waals surface area contributed by atoms with Gasteiger partial charge in [0.2, 0.25) is 0 Å². The fourth-order valence-corrected chi connectivity index (χ4v) is 1.98. The van der Waals surface area contributed by atoms with E-state index in [-0.39, 0.29) is 11.5 Å². The maximum Gasteiger partial charge on any atom is 0.251 e. The molecule has 1 saturated carbocycles.